The first-order valence-corrected chi connectivity index (χ1v) is 5.77. The molecule has 1 aromatic rings. The Morgan fingerprint density at radius 1 is 1.62 bits per heavy atom. The molecule has 0 radical (unpaired) electrons. The van der Waals surface area contributed by atoms with E-state index >= 15 is 0 Å². The van der Waals surface area contributed by atoms with Gasteiger partial charge in [0.15, 0.2) is 5.78 Å². The van der Waals surface area contributed by atoms with Crippen LogP contribution in [-0.4, -0.2) is 17.5 Å². The number of carbonyl (C=O) groups is 1. The predicted molar refractivity (Wildman–Crippen MR) is 60.3 cm³/mol. The summed E-state index contributed by atoms with van der Waals surface area (Å²) in [6.45, 7) is 3.46. The summed E-state index contributed by atoms with van der Waals surface area (Å²) in [7, 11) is 0. The number of furan rings is 1. The van der Waals surface area contributed by atoms with Gasteiger partial charge in [-0.2, -0.15) is 0 Å². The van der Waals surface area contributed by atoms with Crippen LogP contribution in [0.1, 0.15) is 43.9 Å². The molecule has 0 bridgehead atoms. The maximum Gasteiger partial charge on any atom is 0.151 e. The first-order chi connectivity index (χ1) is 7.56. The summed E-state index contributed by atoms with van der Waals surface area (Å²) in [5, 5.41) is 9.24. The number of ketones is 1. The summed E-state index contributed by atoms with van der Waals surface area (Å²) in [6.07, 6.45) is 4.50. The largest absolute Gasteiger partial charge is 0.468 e. The van der Waals surface area contributed by atoms with Gasteiger partial charge in [-0.05, 0) is 30.9 Å². The lowest BCUT2D eigenvalue weighted by atomic mass is 9.76. The Morgan fingerprint density at radius 3 is 3.06 bits per heavy atom. The van der Waals surface area contributed by atoms with E-state index in [0.29, 0.717) is 0 Å². The van der Waals surface area contributed by atoms with Gasteiger partial charge < -0.3 is 9.52 Å². The third-order valence-corrected chi connectivity index (χ3v) is 3.41. The molecule has 0 saturated heterocycles. The monoisotopic (exact) mass is 222 g/mol. The molecule has 2 rings (SSSR count). The van der Waals surface area contributed by atoms with Crippen LogP contribution in [0, 0.1) is 5.41 Å². The van der Waals surface area contributed by atoms with Gasteiger partial charge in [-0.25, -0.2) is 0 Å². The highest BCUT2D eigenvalue weighted by Gasteiger charge is 2.37. The number of Topliss-reactive ketones (excluding diaryl/α,β-unsaturated/α-hetero) is 1. The van der Waals surface area contributed by atoms with Crippen molar-refractivity contribution < 1.29 is 14.3 Å². The molecule has 0 saturated carbocycles. The van der Waals surface area contributed by atoms with Crippen molar-refractivity contribution in [2.24, 2.45) is 5.41 Å². The van der Waals surface area contributed by atoms with Crippen LogP contribution in [0.5, 0.6) is 0 Å². The van der Waals surface area contributed by atoms with Crippen LogP contribution in [0.4, 0.5) is 0 Å². The number of aryl methyl sites for hydroxylation is 1. The van der Waals surface area contributed by atoms with Gasteiger partial charge in [0.2, 0.25) is 0 Å². The topological polar surface area (TPSA) is 50.4 Å². The Kier molecular flexibility index (Phi) is 2.89. The number of aliphatic hydroxyl groups is 1. The number of hydrogen-bond donors (Lipinski definition) is 1. The summed E-state index contributed by atoms with van der Waals surface area (Å²) in [6, 6.07) is 1.95. The van der Waals surface area contributed by atoms with Crippen molar-refractivity contribution in [2.75, 3.05) is 6.61 Å². The highest BCUT2D eigenvalue weighted by molar-refractivity contribution is 5.90. The molecule has 3 heteroatoms. The fourth-order valence-corrected chi connectivity index (χ4v) is 2.29. The fraction of sp³-hybridized carbons (Fsp3) is 0.615. The zero-order valence-electron chi connectivity index (χ0n) is 9.82. The normalized spacial score (nSPS) is 20.6. The number of carbonyl (C=O) groups excluding carboxylic acids is 1. The quantitative estimate of drug-likeness (QED) is 0.853. The number of hydrogen-bond acceptors (Lipinski definition) is 3. The molecule has 0 aliphatic heterocycles. The van der Waals surface area contributed by atoms with Crippen molar-refractivity contribution in [3.05, 3.63) is 23.7 Å². The van der Waals surface area contributed by atoms with Crippen molar-refractivity contribution in [3.8, 4) is 0 Å². The second-order valence-electron chi connectivity index (χ2n) is 5.16. The molecule has 1 heterocycles. The Labute approximate surface area is 95.5 Å². The third kappa shape index (κ3) is 1.80. The van der Waals surface area contributed by atoms with Gasteiger partial charge >= 0.3 is 0 Å². The molecule has 1 unspecified atom stereocenters. The molecule has 0 fully saturated rings. The summed E-state index contributed by atoms with van der Waals surface area (Å²) in [5.74, 6) is 0.740. The van der Waals surface area contributed by atoms with Crippen molar-refractivity contribution in [1.29, 1.82) is 0 Å². The number of rotatable bonds is 3. The lowest BCUT2D eigenvalue weighted by Gasteiger charge is -2.28. The van der Waals surface area contributed by atoms with Crippen LogP contribution < -0.4 is 0 Å². The first-order valence-electron chi connectivity index (χ1n) is 5.77. The number of aliphatic hydroxyl groups excluding tert-OH is 1. The molecule has 1 aromatic heterocycles. The lowest BCUT2D eigenvalue weighted by molar-refractivity contribution is -0.131. The molecule has 16 heavy (non-hydrogen) atoms. The highest BCUT2D eigenvalue weighted by Crippen LogP contribution is 2.37. The van der Waals surface area contributed by atoms with E-state index < -0.39 is 5.41 Å². The van der Waals surface area contributed by atoms with Gasteiger partial charge in [0.1, 0.15) is 5.76 Å². The summed E-state index contributed by atoms with van der Waals surface area (Å²) in [5.41, 5.74) is 0.477. The van der Waals surface area contributed by atoms with E-state index in [1.54, 1.807) is 20.1 Å². The zero-order valence-corrected chi connectivity index (χ0v) is 9.82. The van der Waals surface area contributed by atoms with Crippen LogP contribution in [0.25, 0.3) is 0 Å². The van der Waals surface area contributed by atoms with Crippen molar-refractivity contribution >= 4 is 5.78 Å². The van der Waals surface area contributed by atoms with Crippen LogP contribution >= 0.6 is 0 Å². The van der Waals surface area contributed by atoms with Gasteiger partial charge in [-0.1, -0.05) is 13.8 Å². The molecule has 0 amide bonds. The Hall–Kier alpha value is -1.09. The van der Waals surface area contributed by atoms with Crippen LogP contribution in [0.15, 0.2) is 16.7 Å². The van der Waals surface area contributed by atoms with E-state index in [0.717, 1.165) is 30.6 Å². The van der Waals surface area contributed by atoms with Crippen LogP contribution in [-0.2, 0) is 11.2 Å². The minimum absolute atomic E-state index is 0.0888. The van der Waals surface area contributed by atoms with Crippen LogP contribution in [0.2, 0.25) is 0 Å². The van der Waals surface area contributed by atoms with E-state index in [1.807, 2.05) is 6.07 Å². The van der Waals surface area contributed by atoms with Crippen molar-refractivity contribution in [2.45, 2.75) is 39.0 Å². The minimum atomic E-state index is -0.675. The first kappa shape index (κ1) is 11.4. The van der Waals surface area contributed by atoms with Crippen molar-refractivity contribution in [3.63, 3.8) is 0 Å². The van der Waals surface area contributed by atoms with Gasteiger partial charge in [-0.15, -0.1) is 0 Å². The minimum Gasteiger partial charge on any atom is -0.468 e. The smallest absolute Gasteiger partial charge is 0.151 e. The summed E-state index contributed by atoms with van der Waals surface area (Å²) >= 11 is 0. The fourth-order valence-electron chi connectivity index (χ4n) is 2.29. The molecule has 0 spiro atoms. The Bertz CT molecular complexity index is 390. The molecule has 1 atom stereocenters. The molecule has 88 valence electrons. The van der Waals surface area contributed by atoms with Gasteiger partial charge in [0.25, 0.3) is 0 Å². The van der Waals surface area contributed by atoms with Crippen molar-refractivity contribution in [1.82, 2.24) is 0 Å². The van der Waals surface area contributed by atoms with E-state index in [-0.39, 0.29) is 18.3 Å². The maximum atomic E-state index is 12.3. The molecular formula is C13H18O3. The molecular weight excluding hydrogens is 204 g/mol. The Morgan fingerprint density at radius 2 is 2.38 bits per heavy atom. The van der Waals surface area contributed by atoms with Gasteiger partial charge in [0.05, 0.1) is 18.8 Å². The van der Waals surface area contributed by atoms with Gasteiger partial charge in [0, 0.05) is 5.41 Å². The second-order valence-corrected chi connectivity index (χ2v) is 5.16. The average molecular weight is 222 g/mol. The zero-order chi connectivity index (χ0) is 11.8. The number of fused-ring (bicyclic) bond motifs is 1. The summed E-state index contributed by atoms with van der Waals surface area (Å²) in [4.78, 5) is 12.3. The third-order valence-electron chi connectivity index (χ3n) is 3.41. The standard InChI is InChI=1S/C13H18O3/c1-13(2,8-14)12(15)10-5-3-4-9-6-7-16-11(9)10/h6-7,10,14H,3-5,8H2,1-2H3. The molecule has 0 aromatic carbocycles. The molecule has 1 N–H and O–H groups in total. The van der Waals surface area contributed by atoms with E-state index in [2.05, 4.69) is 0 Å². The van der Waals surface area contributed by atoms with Gasteiger partial charge in [-0.3, -0.25) is 4.79 Å². The SMILES string of the molecule is CC(C)(CO)C(=O)C1CCCc2ccoc21. The average Bonchev–Trinajstić information content (AvgIpc) is 2.75. The molecule has 3 nitrogen and oxygen atoms in total. The van der Waals surface area contributed by atoms with Crippen LogP contribution in [0.3, 0.4) is 0 Å². The Balaban J connectivity index is 2.28. The highest BCUT2D eigenvalue weighted by atomic mass is 16.3. The van der Waals surface area contributed by atoms with E-state index in [1.165, 1.54) is 0 Å². The summed E-state index contributed by atoms with van der Waals surface area (Å²) < 4.78 is 5.43. The lowest BCUT2D eigenvalue weighted by Crippen LogP contribution is -2.34. The molecule has 1 aliphatic carbocycles. The van der Waals surface area contributed by atoms with E-state index in [4.69, 9.17) is 4.42 Å². The maximum absolute atomic E-state index is 12.3. The predicted octanol–water partition coefficient (Wildman–Crippen LogP) is 2.29. The second kappa shape index (κ2) is 4.06. The van der Waals surface area contributed by atoms with E-state index in [9.17, 15) is 9.90 Å². The molecule has 1 aliphatic rings.